The van der Waals surface area contributed by atoms with Gasteiger partial charge in [0.25, 0.3) is 0 Å². The summed E-state index contributed by atoms with van der Waals surface area (Å²) in [5, 5.41) is 0. The summed E-state index contributed by atoms with van der Waals surface area (Å²) in [4.78, 5) is 8.39. The summed E-state index contributed by atoms with van der Waals surface area (Å²) in [6.07, 6.45) is 10.8. The highest BCUT2D eigenvalue weighted by Crippen LogP contribution is 2.28. The molecular weight excluding hydrogens is 224 g/mol. The third-order valence-electron chi connectivity index (χ3n) is 3.25. The highest BCUT2D eigenvalue weighted by Gasteiger charge is 2.12. The molecule has 0 aliphatic heterocycles. The Bertz CT molecular complexity index is 504. The van der Waals surface area contributed by atoms with Crippen molar-refractivity contribution in [3.05, 3.63) is 31.0 Å². The van der Waals surface area contributed by atoms with E-state index in [1.165, 1.54) is 12.8 Å². The highest BCUT2D eigenvalue weighted by molar-refractivity contribution is 5.72. The number of anilines is 1. The third kappa shape index (κ3) is 2.53. The minimum Gasteiger partial charge on any atom is -0.398 e. The van der Waals surface area contributed by atoms with Crippen molar-refractivity contribution < 1.29 is 0 Å². The zero-order valence-electron chi connectivity index (χ0n) is 11.0. The summed E-state index contributed by atoms with van der Waals surface area (Å²) in [6.45, 7) is 4.42. The Morgan fingerprint density at radius 3 is 2.89 bits per heavy atom. The molecule has 2 N–H and O–H groups in total. The van der Waals surface area contributed by atoms with Crippen LogP contribution in [0.4, 0.5) is 5.69 Å². The van der Waals surface area contributed by atoms with Crippen molar-refractivity contribution in [2.45, 2.75) is 39.2 Å². The Morgan fingerprint density at radius 2 is 2.17 bits per heavy atom. The molecule has 4 nitrogen and oxygen atoms in total. The van der Waals surface area contributed by atoms with Gasteiger partial charge in [-0.3, -0.25) is 4.98 Å². The van der Waals surface area contributed by atoms with Gasteiger partial charge < -0.3 is 10.3 Å². The van der Waals surface area contributed by atoms with Crippen LogP contribution in [0.15, 0.2) is 31.0 Å². The number of pyridine rings is 1. The molecule has 0 saturated heterocycles. The molecule has 2 heterocycles. The zero-order chi connectivity index (χ0) is 13.0. The van der Waals surface area contributed by atoms with Crippen molar-refractivity contribution in [1.82, 2.24) is 14.5 Å². The maximum Gasteiger partial charge on any atom is 0.0953 e. The number of unbranched alkanes of at least 4 members (excludes halogenated alkanes) is 1. The lowest BCUT2D eigenvalue weighted by atomic mass is 10.1. The van der Waals surface area contributed by atoms with Gasteiger partial charge in [0.1, 0.15) is 0 Å². The Kier molecular flexibility index (Phi) is 3.97. The van der Waals surface area contributed by atoms with E-state index >= 15 is 0 Å². The Hall–Kier alpha value is -1.84. The lowest BCUT2D eigenvalue weighted by molar-refractivity contribution is 0.488. The van der Waals surface area contributed by atoms with E-state index in [2.05, 4.69) is 28.4 Å². The van der Waals surface area contributed by atoms with Gasteiger partial charge in [0.15, 0.2) is 0 Å². The van der Waals surface area contributed by atoms with Gasteiger partial charge in [0.05, 0.1) is 18.2 Å². The van der Waals surface area contributed by atoms with E-state index in [1.54, 1.807) is 12.4 Å². The number of nitrogens with zero attached hydrogens (tertiary/aromatic N) is 3. The third-order valence-corrected chi connectivity index (χ3v) is 3.25. The van der Waals surface area contributed by atoms with E-state index in [1.807, 2.05) is 18.6 Å². The number of nitrogen functional groups attached to an aromatic ring is 1. The molecule has 0 aromatic carbocycles. The number of nitrogens with two attached hydrogens (primary N) is 1. The second kappa shape index (κ2) is 5.67. The zero-order valence-corrected chi connectivity index (χ0v) is 11.0. The predicted octanol–water partition coefficient (Wildman–Crippen LogP) is 3.28. The van der Waals surface area contributed by atoms with Gasteiger partial charge in [0.2, 0.25) is 0 Å². The van der Waals surface area contributed by atoms with Crippen LogP contribution in [-0.2, 0) is 0 Å². The summed E-state index contributed by atoms with van der Waals surface area (Å²) in [5.74, 6) is 0. The van der Waals surface area contributed by atoms with Crippen LogP contribution in [-0.4, -0.2) is 14.5 Å². The van der Waals surface area contributed by atoms with Crippen LogP contribution in [0.1, 0.15) is 39.2 Å². The first-order valence-corrected chi connectivity index (χ1v) is 6.45. The molecule has 0 amide bonds. The van der Waals surface area contributed by atoms with E-state index in [0.717, 1.165) is 23.4 Å². The van der Waals surface area contributed by atoms with Crippen molar-refractivity contribution in [3.63, 3.8) is 0 Å². The molecular formula is C14H20N4. The number of rotatable bonds is 5. The molecule has 96 valence electrons. The molecule has 1 atom stereocenters. The molecule has 18 heavy (non-hydrogen) atoms. The van der Waals surface area contributed by atoms with Crippen molar-refractivity contribution >= 4 is 5.69 Å². The summed E-state index contributed by atoms with van der Waals surface area (Å²) in [5.41, 5.74) is 8.75. The Balaban J connectivity index is 2.30. The van der Waals surface area contributed by atoms with Crippen LogP contribution >= 0.6 is 0 Å². The average molecular weight is 244 g/mol. The lowest BCUT2D eigenvalue weighted by Gasteiger charge is -2.16. The van der Waals surface area contributed by atoms with E-state index in [4.69, 9.17) is 5.73 Å². The van der Waals surface area contributed by atoms with Crippen LogP contribution in [0, 0.1) is 0 Å². The van der Waals surface area contributed by atoms with Gasteiger partial charge in [-0.15, -0.1) is 0 Å². The normalized spacial score (nSPS) is 12.6. The number of hydrogen-bond donors (Lipinski definition) is 1. The van der Waals surface area contributed by atoms with Gasteiger partial charge in [-0.05, 0) is 19.4 Å². The molecule has 2 aromatic rings. The van der Waals surface area contributed by atoms with Crippen molar-refractivity contribution in [2.75, 3.05) is 5.73 Å². The monoisotopic (exact) mass is 244 g/mol. The van der Waals surface area contributed by atoms with Crippen molar-refractivity contribution in [2.24, 2.45) is 0 Å². The van der Waals surface area contributed by atoms with Gasteiger partial charge in [-0.25, -0.2) is 4.98 Å². The molecule has 2 aromatic heterocycles. The fraction of sp³-hybridized carbons (Fsp3) is 0.429. The van der Waals surface area contributed by atoms with Crippen LogP contribution in [0.25, 0.3) is 11.3 Å². The Morgan fingerprint density at radius 1 is 1.33 bits per heavy atom. The molecule has 0 spiro atoms. The molecule has 0 radical (unpaired) electrons. The lowest BCUT2D eigenvalue weighted by Crippen LogP contribution is -2.06. The quantitative estimate of drug-likeness (QED) is 0.878. The SMILES string of the molecule is CCCCC(C)n1cncc1-c1cnccc1N. The maximum absolute atomic E-state index is 6.00. The molecule has 1 unspecified atom stereocenters. The summed E-state index contributed by atoms with van der Waals surface area (Å²) in [7, 11) is 0. The van der Waals surface area contributed by atoms with Crippen molar-refractivity contribution in [3.8, 4) is 11.3 Å². The van der Waals surface area contributed by atoms with Gasteiger partial charge in [-0.1, -0.05) is 19.8 Å². The summed E-state index contributed by atoms with van der Waals surface area (Å²) < 4.78 is 2.18. The number of imidazole rings is 1. The van der Waals surface area contributed by atoms with Crippen molar-refractivity contribution in [1.29, 1.82) is 0 Å². The highest BCUT2D eigenvalue weighted by atomic mass is 15.1. The topological polar surface area (TPSA) is 56.7 Å². The van der Waals surface area contributed by atoms with E-state index in [0.29, 0.717) is 6.04 Å². The molecule has 4 heteroatoms. The van der Waals surface area contributed by atoms with Crippen LogP contribution in [0.5, 0.6) is 0 Å². The van der Waals surface area contributed by atoms with Crippen LogP contribution in [0.3, 0.4) is 0 Å². The smallest absolute Gasteiger partial charge is 0.0953 e. The second-order valence-corrected chi connectivity index (χ2v) is 4.64. The molecule has 0 aliphatic carbocycles. The number of hydrogen-bond acceptors (Lipinski definition) is 3. The predicted molar refractivity (Wildman–Crippen MR) is 74.1 cm³/mol. The first kappa shape index (κ1) is 12.6. The van der Waals surface area contributed by atoms with Crippen LogP contribution in [0.2, 0.25) is 0 Å². The first-order valence-electron chi connectivity index (χ1n) is 6.45. The van der Waals surface area contributed by atoms with E-state index in [9.17, 15) is 0 Å². The molecule has 0 saturated carbocycles. The fourth-order valence-electron chi connectivity index (χ4n) is 2.12. The largest absolute Gasteiger partial charge is 0.398 e. The van der Waals surface area contributed by atoms with Crippen LogP contribution < -0.4 is 5.73 Å². The summed E-state index contributed by atoms with van der Waals surface area (Å²) >= 11 is 0. The molecule has 0 fully saturated rings. The Labute approximate surface area is 108 Å². The minimum absolute atomic E-state index is 0.432. The molecule has 0 bridgehead atoms. The molecule has 0 aliphatic rings. The fourth-order valence-corrected chi connectivity index (χ4v) is 2.12. The molecule has 2 rings (SSSR count). The minimum atomic E-state index is 0.432. The van der Waals surface area contributed by atoms with E-state index < -0.39 is 0 Å². The van der Waals surface area contributed by atoms with Gasteiger partial charge in [-0.2, -0.15) is 0 Å². The number of aromatic nitrogens is 3. The van der Waals surface area contributed by atoms with Gasteiger partial charge in [0, 0.05) is 29.7 Å². The maximum atomic E-state index is 6.00. The average Bonchev–Trinajstić information content (AvgIpc) is 2.85. The second-order valence-electron chi connectivity index (χ2n) is 4.64. The summed E-state index contributed by atoms with van der Waals surface area (Å²) in [6, 6.07) is 2.26. The standard InChI is InChI=1S/C14H20N4/c1-3-4-5-11(2)18-10-17-9-14(18)12-8-16-7-6-13(12)15/h6-11H,3-5H2,1-2H3,(H2,15,16). The van der Waals surface area contributed by atoms with E-state index in [-0.39, 0.29) is 0 Å². The first-order chi connectivity index (χ1) is 8.74. The van der Waals surface area contributed by atoms with Gasteiger partial charge >= 0.3 is 0 Å².